The van der Waals surface area contributed by atoms with Crippen molar-refractivity contribution in [3.05, 3.63) is 30.3 Å². The van der Waals surface area contributed by atoms with Gasteiger partial charge in [-0.05, 0) is 43.7 Å². The van der Waals surface area contributed by atoms with Crippen molar-refractivity contribution in [3.63, 3.8) is 0 Å². The van der Waals surface area contributed by atoms with Gasteiger partial charge in [-0.3, -0.25) is 4.99 Å². The van der Waals surface area contributed by atoms with Gasteiger partial charge in [-0.2, -0.15) is 0 Å². The Labute approximate surface area is 179 Å². The number of hydrogen-bond donors (Lipinski definition) is 1. The normalized spacial score (nSPS) is 20.7. The van der Waals surface area contributed by atoms with Crippen molar-refractivity contribution in [2.24, 2.45) is 10.4 Å². The van der Waals surface area contributed by atoms with Gasteiger partial charge in [0.2, 0.25) is 0 Å². The summed E-state index contributed by atoms with van der Waals surface area (Å²) in [5, 5.41) is 3.97. The average molecular weight is 489 g/mol. The molecule has 146 valence electrons. The third kappa shape index (κ3) is 6.02. The van der Waals surface area contributed by atoms with Gasteiger partial charge in [0.1, 0.15) is 0 Å². The van der Waals surface area contributed by atoms with E-state index in [0.717, 1.165) is 45.4 Å². The number of thioether (sulfide) groups is 1. The van der Waals surface area contributed by atoms with E-state index in [4.69, 9.17) is 9.73 Å². The lowest BCUT2D eigenvalue weighted by Gasteiger charge is -2.33. The minimum atomic E-state index is 0. The van der Waals surface area contributed by atoms with Crippen molar-refractivity contribution in [1.29, 1.82) is 0 Å². The van der Waals surface area contributed by atoms with Crippen LogP contribution in [0.2, 0.25) is 0 Å². The summed E-state index contributed by atoms with van der Waals surface area (Å²) in [6.45, 7) is 10.3. The monoisotopic (exact) mass is 489 g/mol. The molecule has 0 aliphatic carbocycles. The summed E-state index contributed by atoms with van der Waals surface area (Å²) in [6.07, 6.45) is 3.67. The van der Waals surface area contributed by atoms with E-state index in [2.05, 4.69) is 54.4 Å². The van der Waals surface area contributed by atoms with Crippen LogP contribution in [0.3, 0.4) is 0 Å². The van der Waals surface area contributed by atoms with Gasteiger partial charge in [-0.25, -0.2) is 0 Å². The van der Waals surface area contributed by atoms with E-state index in [-0.39, 0.29) is 24.0 Å². The number of ether oxygens (including phenoxy) is 1. The molecule has 2 heterocycles. The quantitative estimate of drug-likeness (QED) is 0.291. The van der Waals surface area contributed by atoms with Gasteiger partial charge < -0.3 is 15.0 Å². The molecule has 1 atom stereocenters. The molecule has 4 nitrogen and oxygen atoms in total. The van der Waals surface area contributed by atoms with Crippen molar-refractivity contribution in [2.45, 2.75) is 43.3 Å². The Morgan fingerprint density at radius 2 is 2.00 bits per heavy atom. The molecule has 1 spiro atoms. The second-order valence-electron chi connectivity index (χ2n) is 7.22. The fourth-order valence-corrected chi connectivity index (χ4v) is 4.67. The van der Waals surface area contributed by atoms with Crippen LogP contribution in [0.25, 0.3) is 0 Å². The number of guanidine groups is 1. The summed E-state index contributed by atoms with van der Waals surface area (Å²) in [4.78, 5) is 8.73. The third-order valence-electron chi connectivity index (χ3n) is 5.20. The van der Waals surface area contributed by atoms with E-state index in [0.29, 0.717) is 10.7 Å². The molecule has 6 heteroatoms. The molecule has 2 aliphatic rings. The van der Waals surface area contributed by atoms with Crippen LogP contribution in [-0.4, -0.2) is 55.5 Å². The molecule has 0 aromatic heterocycles. The van der Waals surface area contributed by atoms with Crippen molar-refractivity contribution < 1.29 is 4.74 Å². The fraction of sp³-hybridized carbons (Fsp3) is 0.650. The Hall–Kier alpha value is -0.470. The highest BCUT2D eigenvalue weighted by Gasteiger charge is 2.40. The molecular weight excluding hydrogens is 457 g/mol. The summed E-state index contributed by atoms with van der Waals surface area (Å²) in [5.74, 6) is 1.09. The zero-order valence-corrected chi connectivity index (χ0v) is 19.1. The first-order valence-corrected chi connectivity index (χ1v) is 10.4. The van der Waals surface area contributed by atoms with Crippen LogP contribution in [0.5, 0.6) is 0 Å². The maximum absolute atomic E-state index is 5.57. The third-order valence-corrected chi connectivity index (χ3v) is 6.30. The standard InChI is InChI=1S/C20H31N3OS.HI/c1-3-21-19(22-15-17(2)25-18-7-5-4-6-8-18)23-12-9-20(16-23)10-13-24-14-11-20;/h4-8,17H,3,9-16H2,1-2H3,(H,21,22);1H. The lowest BCUT2D eigenvalue weighted by atomic mass is 9.80. The Morgan fingerprint density at radius 3 is 2.69 bits per heavy atom. The highest BCUT2D eigenvalue weighted by atomic mass is 127. The molecule has 2 saturated heterocycles. The van der Waals surface area contributed by atoms with Gasteiger partial charge in [-0.1, -0.05) is 25.1 Å². The highest BCUT2D eigenvalue weighted by Crippen LogP contribution is 2.39. The van der Waals surface area contributed by atoms with Crippen LogP contribution in [-0.2, 0) is 4.74 Å². The van der Waals surface area contributed by atoms with Crippen LogP contribution >= 0.6 is 35.7 Å². The SMILES string of the molecule is CCNC(=NCC(C)Sc1ccccc1)N1CCC2(CCOCC2)C1.I. The van der Waals surface area contributed by atoms with Crippen molar-refractivity contribution >= 4 is 41.7 Å². The molecule has 2 fully saturated rings. The van der Waals surface area contributed by atoms with E-state index >= 15 is 0 Å². The van der Waals surface area contributed by atoms with Crippen LogP contribution in [0.1, 0.15) is 33.1 Å². The van der Waals surface area contributed by atoms with Crippen molar-refractivity contribution in [3.8, 4) is 0 Å². The number of halogens is 1. The molecule has 1 N–H and O–H groups in total. The lowest BCUT2D eigenvalue weighted by Crippen LogP contribution is -2.42. The maximum atomic E-state index is 5.57. The molecule has 0 bridgehead atoms. The van der Waals surface area contributed by atoms with Gasteiger partial charge in [-0.15, -0.1) is 35.7 Å². The molecule has 3 rings (SSSR count). The molecule has 0 saturated carbocycles. The predicted molar refractivity (Wildman–Crippen MR) is 122 cm³/mol. The number of nitrogens with zero attached hydrogens (tertiary/aromatic N) is 2. The lowest BCUT2D eigenvalue weighted by molar-refractivity contribution is 0.0217. The molecule has 1 aromatic rings. The number of rotatable bonds is 5. The van der Waals surface area contributed by atoms with Gasteiger partial charge in [0.25, 0.3) is 0 Å². The van der Waals surface area contributed by atoms with Crippen molar-refractivity contribution in [2.75, 3.05) is 39.4 Å². The van der Waals surface area contributed by atoms with Gasteiger partial charge in [0, 0.05) is 43.0 Å². The molecule has 0 amide bonds. The Balaban J connectivity index is 0.00000243. The van der Waals surface area contributed by atoms with Crippen LogP contribution in [0, 0.1) is 5.41 Å². The molecule has 2 aliphatic heterocycles. The molecule has 26 heavy (non-hydrogen) atoms. The van der Waals surface area contributed by atoms with Crippen molar-refractivity contribution in [1.82, 2.24) is 10.2 Å². The van der Waals surface area contributed by atoms with Crippen LogP contribution in [0.4, 0.5) is 0 Å². The Kier molecular flexibility index (Phi) is 9.03. The van der Waals surface area contributed by atoms with Crippen LogP contribution in [0.15, 0.2) is 40.2 Å². The zero-order valence-electron chi connectivity index (χ0n) is 15.9. The molecular formula is C20H32IN3OS. The Morgan fingerprint density at radius 1 is 1.27 bits per heavy atom. The smallest absolute Gasteiger partial charge is 0.193 e. The predicted octanol–water partition coefficient (Wildman–Crippen LogP) is 4.25. The number of nitrogens with one attached hydrogen (secondary N) is 1. The first-order valence-electron chi connectivity index (χ1n) is 9.53. The largest absolute Gasteiger partial charge is 0.381 e. The average Bonchev–Trinajstić information content (AvgIpc) is 3.03. The summed E-state index contributed by atoms with van der Waals surface area (Å²) in [6, 6.07) is 10.6. The Bertz CT molecular complexity index is 563. The summed E-state index contributed by atoms with van der Waals surface area (Å²) in [5.41, 5.74) is 0.457. The number of likely N-dealkylation sites (tertiary alicyclic amines) is 1. The van der Waals surface area contributed by atoms with E-state index in [9.17, 15) is 0 Å². The van der Waals surface area contributed by atoms with Gasteiger partial charge in [0.15, 0.2) is 5.96 Å². The summed E-state index contributed by atoms with van der Waals surface area (Å²) < 4.78 is 5.57. The van der Waals surface area contributed by atoms with E-state index < -0.39 is 0 Å². The number of hydrogen-bond acceptors (Lipinski definition) is 3. The highest BCUT2D eigenvalue weighted by molar-refractivity contribution is 14.0. The summed E-state index contributed by atoms with van der Waals surface area (Å²) in [7, 11) is 0. The second-order valence-corrected chi connectivity index (χ2v) is 8.73. The maximum Gasteiger partial charge on any atom is 0.193 e. The van der Waals surface area contributed by atoms with Gasteiger partial charge in [0.05, 0.1) is 6.54 Å². The van der Waals surface area contributed by atoms with Gasteiger partial charge >= 0.3 is 0 Å². The van der Waals surface area contributed by atoms with Crippen LogP contribution < -0.4 is 5.32 Å². The fourth-order valence-electron chi connectivity index (χ4n) is 3.74. The summed E-state index contributed by atoms with van der Waals surface area (Å²) >= 11 is 1.90. The van der Waals surface area contributed by atoms with E-state index in [1.807, 2.05) is 11.8 Å². The first-order chi connectivity index (χ1) is 12.2. The molecule has 0 radical (unpaired) electrons. The molecule has 1 unspecified atom stereocenters. The minimum Gasteiger partial charge on any atom is -0.381 e. The molecule has 1 aromatic carbocycles. The van der Waals surface area contributed by atoms with E-state index in [1.165, 1.54) is 24.2 Å². The first kappa shape index (κ1) is 21.8. The topological polar surface area (TPSA) is 36.9 Å². The minimum absolute atomic E-state index is 0. The zero-order chi connectivity index (χ0) is 17.5. The second kappa shape index (κ2) is 10.8. The van der Waals surface area contributed by atoms with E-state index in [1.54, 1.807) is 0 Å². The number of benzene rings is 1. The number of aliphatic imine (C=N–C) groups is 1.